The van der Waals surface area contributed by atoms with Crippen LogP contribution in [0.5, 0.6) is 0 Å². The number of nitrogens with one attached hydrogen (secondary N) is 1. The lowest BCUT2D eigenvalue weighted by molar-refractivity contribution is -0.143. The molecule has 1 aliphatic rings. The summed E-state index contributed by atoms with van der Waals surface area (Å²) in [6, 6.07) is 0. The molecule has 1 aliphatic heterocycles. The van der Waals surface area contributed by atoms with Crippen molar-refractivity contribution >= 4 is 19.7 Å². The quantitative estimate of drug-likeness (QED) is 0.537. The fourth-order valence-electron chi connectivity index (χ4n) is 1.77. The average Bonchev–Trinajstić information content (AvgIpc) is 2.47. The van der Waals surface area contributed by atoms with E-state index in [0.29, 0.717) is 6.92 Å². The van der Waals surface area contributed by atoms with Crippen molar-refractivity contribution in [3.05, 3.63) is 0 Å². The number of methoxy groups -OCH3 is 1. The molecule has 0 unspecified atom stereocenters. The minimum Gasteiger partial charge on any atom is -0.469 e. The van der Waals surface area contributed by atoms with Crippen LogP contribution in [0.1, 0.15) is 27.2 Å². The van der Waals surface area contributed by atoms with E-state index < -0.39 is 43.7 Å². The molecule has 0 aliphatic carbocycles. The highest BCUT2D eigenvalue weighted by Gasteiger charge is 2.49. The monoisotopic (exact) mass is 373 g/mol. The molecule has 1 N–H and O–H groups in total. The number of phosphoric ester groups is 1. The second-order valence-corrected chi connectivity index (χ2v) is 7.78. The molecule has 8 nitrogen and oxygen atoms in total. The lowest BCUT2D eigenvalue weighted by Crippen LogP contribution is -2.50. The second-order valence-electron chi connectivity index (χ2n) is 6.16. The SMILES string of the molecule is COC(=O)CCNC(=O)[C@@H]1O[P@](=O)(OCC(C)(F)F)OCC1(C)C. The number of esters is 1. The molecule has 1 saturated heterocycles. The number of hydrogen-bond acceptors (Lipinski definition) is 7. The number of ether oxygens (including phenoxy) is 1. The molecule has 1 rings (SSSR count). The molecule has 0 aromatic heterocycles. The third-order valence-electron chi connectivity index (χ3n) is 3.11. The number of amides is 1. The zero-order valence-corrected chi connectivity index (χ0v) is 14.9. The van der Waals surface area contributed by atoms with Crippen LogP contribution < -0.4 is 5.32 Å². The summed E-state index contributed by atoms with van der Waals surface area (Å²) in [6.45, 7) is 2.46. The maximum Gasteiger partial charge on any atom is 0.475 e. The predicted octanol–water partition coefficient (Wildman–Crippen LogP) is 1.89. The van der Waals surface area contributed by atoms with Gasteiger partial charge < -0.3 is 10.1 Å². The second kappa shape index (κ2) is 7.86. The van der Waals surface area contributed by atoms with Crippen molar-refractivity contribution in [1.82, 2.24) is 5.32 Å². The molecule has 0 spiro atoms. The number of phosphoric acid groups is 1. The van der Waals surface area contributed by atoms with Gasteiger partial charge >= 0.3 is 13.8 Å². The molecule has 2 atom stereocenters. The summed E-state index contributed by atoms with van der Waals surface area (Å²) in [4.78, 5) is 23.2. The largest absolute Gasteiger partial charge is 0.475 e. The zero-order chi connectivity index (χ0) is 18.6. The highest BCUT2D eigenvalue weighted by molar-refractivity contribution is 7.48. The lowest BCUT2D eigenvalue weighted by atomic mass is 9.87. The zero-order valence-electron chi connectivity index (χ0n) is 14.0. The van der Waals surface area contributed by atoms with Gasteiger partial charge in [0, 0.05) is 18.9 Å². The van der Waals surface area contributed by atoms with Crippen molar-refractivity contribution in [2.75, 3.05) is 26.9 Å². The Morgan fingerprint density at radius 3 is 2.58 bits per heavy atom. The van der Waals surface area contributed by atoms with Crippen molar-refractivity contribution in [3.63, 3.8) is 0 Å². The van der Waals surface area contributed by atoms with Gasteiger partial charge in [-0.15, -0.1) is 0 Å². The fourth-order valence-corrected chi connectivity index (χ4v) is 3.48. The maximum absolute atomic E-state index is 12.9. The fraction of sp³-hybridized carbons (Fsp3) is 0.846. The molecule has 24 heavy (non-hydrogen) atoms. The minimum absolute atomic E-state index is 0.0134. The molecular formula is C13H22F2NO7P. The summed E-state index contributed by atoms with van der Waals surface area (Å²) in [7, 11) is -3.08. The van der Waals surface area contributed by atoms with E-state index in [1.807, 2.05) is 0 Å². The minimum atomic E-state index is -4.29. The normalized spacial score (nSPS) is 26.7. The smallest absolute Gasteiger partial charge is 0.469 e. The van der Waals surface area contributed by atoms with E-state index in [0.717, 1.165) is 0 Å². The molecule has 0 aromatic rings. The van der Waals surface area contributed by atoms with Gasteiger partial charge in [-0.3, -0.25) is 23.2 Å². The molecule has 1 amide bonds. The van der Waals surface area contributed by atoms with E-state index in [1.165, 1.54) is 7.11 Å². The van der Waals surface area contributed by atoms with Crippen LogP contribution in [0.3, 0.4) is 0 Å². The van der Waals surface area contributed by atoms with Crippen molar-refractivity contribution in [1.29, 1.82) is 0 Å². The van der Waals surface area contributed by atoms with Gasteiger partial charge in [0.15, 0.2) is 6.10 Å². The third-order valence-corrected chi connectivity index (χ3v) is 4.47. The molecule has 1 fully saturated rings. The molecule has 11 heteroatoms. The Labute approximate surface area is 138 Å². The van der Waals surface area contributed by atoms with Crippen LogP contribution in [0.25, 0.3) is 0 Å². The van der Waals surface area contributed by atoms with Crippen LogP contribution in [-0.2, 0) is 32.5 Å². The maximum atomic E-state index is 12.9. The van der Waals surface area contributed by atoms with Gasteiger partial charge in [-0.1, -0.05) is 13.8 Å². The molecule has 0 aromatic carbocycles. The summed E-state index contributed by atoms with van der Waals surface area (Å²) >= 11 is 0. The van der Waals surface area contributed by atoms with Crippen LogP contribution in [0.4, 0.5) is 8.78 Å². The van der Waals surface area contributed by atoms with Crippen molar-refractivity contribution in [3.8, 4) is 0 Å². The van der Waals surface area contributed by atoms with Gasteiger partial charge in [0.25, 0.3) is 5.92 Å². The van der Waals surface area contributed by atoms with E-state index >= 15 is 0 Å². The Kier molecular flexibility index (Phi) is 6.86. The van der Waals surface area contributed by atoms with Gasteiger partial charge in [-0.25, -0.2) is 13.3 Å². The number of halogens is 2. The number of rotatable bonds is 7. The van der Waals surface area contributed by atoms with E-state index in [4.69, 9.17) is 9.05 Å². The van der Waals surface area contributed by atoms with Crippen LogP contribution >= 0.6 is 7.82 Å². The Bertz CT molecular complexity index is 521. The molecular weight excluding hydrogens is 351 g/mol. The standard InChI is InChI=1S/C13H22F2NO7P/c1-12(2)7-21-24(19,22-8-13(3,14)15)23-10(12)11(18)16-6-5-9(17)20-4/h10H,5-8H2,1-4H3,(H,16,18)/t10-,24-/m0/s1. The molecule has 0 saturated carbocycles. The summed E-state index contributed by atoms with van der Waals surface area (Å²) in [6.07, 6.45) is -1.30. The van der Waals surface area contributed by atoms with E-state index in [1.54, 1.807) is 13.8 Å². The lowest BCUT2D eigenvalue weighted by Gasteiger charge is -2.39. The summed E-state index contributed by atoms with van der Waals surface area (Å²) < 4.78 is 57.0. The molecule has 140 valence electrons. The highest BCUT2D eigenvalue weighted by atomic mass is 31.2. The first kappa shape index (κ1) is 21.0. The highest BCUT2D eigenvalue weighted by Crippen LogP contribution is 2.57. The number of alkyl halides is 2. The summed E-state index contributed by atoms with van der Waals surface area (Å²) in [5.74, 6) is -4.39. The van der Waals surface area contributed by atoms with Crippen LogP contribution in [0.2, 0.25) is 0 Å². The van der Waals surface area contributed by atoms with Gasteiger partial charge in [-0.05, 0) is 0 Å². The first-order chi connectivity index (χ1) is 10.9. The van der Waals surface area contributed by atoms with Gasteiger partial charge in [0.2, 0.25) is 5.91 Å². The predicted molar refractivity (Wildman–Crippen MR) is 78.4 cm³/mol. The summed E-state index contributed by atoms with van der Waals surface area (Å²) in [5, 5.41) is 2.44. The van der Waals surface area contributed by atoms with Gasteiger partial charge in [0.05, 0.1) is 20.1 Å². The molecule has 0 radical (unpaired) electrons. The van der Waals surface area contributed by atoms with E-state index in [2.05, 4.69) is 14.6 Å². The third kappa shape index (κ3) is 6.43. The molecule has 0 bridgehead atoms. The Morgan fingerprint density at radius 1 is 1.42 bits per heavy atom. The van der Waals surface area contributed by atoms with Gasteiger partial charge in [0.1, 0.15) is 6.61 Å². The topological polar surface area (TPSA) is 100 Å². The van der Waals surface area contributed by atoms with Crippen molar-refractivity contribution < 1.29 is 41.2 Å². The Balaban J connectivity index is 2.70. The van der Waals surface area contributed by atoms with Crippen LogP contribution in [-0.4, -0.2) is 50.8 Å². The first-order valence-corrected chi connectivity index (χ1v) is 8.64. The first-order valence-electron chi connectivity index (χ1n) is 7.18. The number of carbonyl (C=O) groups is 2. The van der Waals surface area contributed by atoms with E-state index in [9.17, 15) is 22.9 Å². The van der Waals surface area contributed by atoms with E-state index in [-0.39, 0.29) is 19.6 Å². The van der Waals surface area contributed by atoms with Crippen molar-refractivity contribution in [2.45, 2.75) is 39.2 Å². The number of hydrogen-bond donors (Lipinski definition) is 1. The molecule has 1 heterocycles. The number of carbonyl (C=O) groups excluding carboxylic acids is 2. The van der Waals surface area contributed by atoms with Crippen molar-refractivity contribution in [2.24, 2.45) is 5.41 Å². The van der Waals surface area contributed by atoms with Crippen LogP contribution in [0.15, 0.2) is 0 Å². The van der Waals surface area contributed by atoms with Gasteiger partial charge in [-0.2, -0.15) is 0 Å². The summed E-state index contributed by atoms with van der Waals surface area (Å²) in [5.41, 5.74) is -0.874. The average molecular weight is 373 g/mol. The van der Waals surface area contributed by atoms with Crippen LogP contribution in [0, 0.1) is 5.41 Å². The Hall–Kier alpha value is -1.09. The Morgan fingerprint density at radius 2 is 2.04 bits per heavy atom.